The van der Waals surface area contributed by atoms with Crippen molar-refractivity contribution in [2.75, 3.05) is 0 Å². The van der Waals surface area contributed by atoms with Crippen molar-refractivity contribution in [3.05, 3.63) is 64.7 Å². The summed E-state index contributed by atoms with van der Waals surface area (Å²) in [5.41, 5.74) is 4.05. The number of rotatable bonds is 1. The van der Waals surface area contributed by atoms with E-state index in [1.807, 2.05) is 18.2 Å². The molecule has 2 bridgehead atoms. The number of phenols is 1. The molecule has 0 saturated carbocycles. The molecule has 2 aromatic carbocycles. The first-order valence-electron chi connectivity index (χ1n) is 6.65. The molecule has 19 heavy (non-hydrogen) atoms. The molecule has 2 heteroatoms. The highest BCUT2D eigenvalue weighted by Gasteiger charge is 2.48. The molecule has 0 aromatic heterocycles. The molecule has 0 radical (unpaired) electrons. The second-order valence-electron chi connectivity index (χ2n) is 5.54. The zero-order chi connectivity index (χ0) is 13.0. The fraction of sp³-hybridized carbons (Fsp3) is 0.235. The third-order valence-electron chi connectivity index (χ3n) is 4.74. The Morgan fingerprint density at radius 2 is 1.89 bits per heavy atom. The Bertz CT molecular complexity index is 689. The predicted molar refractivity (Wildman–Crippen MR) is 72.5 cm³/mol. The summed E-state index contributed by atoms with van der Waals surface area (Å²) in [7, 11) is 0. The minimum atomic E-state index is -0.556. The maximum absolute atomic E-state index is 11.9. The number of carbonyl (C=O) groups is 1. The van der Waals surface area contributed by atoms with Crippen LogP contribution in [0.1, 0.15) is 41.0 Å². The van der Waals surface area contributed by atoms with Gasteiger partial charge in [0, 0.05) is 5.92 Å². The molecule has 3 aliphatic rings. The topological polar surface area (TPSA) is 37.3 Å². The lowest BCUT2D eigenvalue weighted by Crippen LogP contribution is -2.41. The summed E-state index contributed by atoms with van der Waals surface area (Å²) in [5, 5.41) is 9.76. The van der Waals surface area contributed by atoms with Gasteiger partial charge in [-0.2, -0.15) is 0 Å². The Hall–Kier alpha value is -2.09. The Balaban J connectivity index is 2.11. The molecule has 0 spiro atoms. The molecular formula is C17H14O2. The van der Waals surface area contributed by atoms with Gasteiger partial charge in [0.05, 0.1) is 5.41 Å². The van der Waals surface area contributed by atoms with Crippen LogP contribution in [-0.4, -0.2) is 11.4 Å². The van der Waals surface area contributed by atoms with E-state index in [0.717, 1.165) is 30.3 Å². The van der Waals surface area contributed by atoms with Gasteiger partial charge in [-0.15, -0.1) is 0 Å². The van der Waals surface area contributed by atoms with Gasteiger partial charge in [-0.25, -0.2) is 0 Å². The highest BCUT2D eigenvalue weighted by molar-refractivity contribution is 5.81. The van der Waals surface area contributed by atoms with Crippen LogP contribution in [0.4, 0.5) is 0 Å². The third-order valence-corrected chi connectivity index (χ3v) is 4.74. The largest absolute Gasteiger partial charge is 0.508 e. The summed E-state index contributed by atoms with van der Waals surface area (Å²) in [6.07, 6.45) is 2.92. The molecule has 2 aromatic rings. The molecule has 0 heterocycles. The average molecular weight is 250 g/mol. The van der Waals surface area contributed by atoms with Crippen LogP contribution >= 0.6 is 0 Å². The van der Waals surface area contributed by atoms with Gasteiger partial charge in [0.15, 0.2) is 0 Å². The van der Waals surface area contributed by atoms with E-state index in [1.165, 1.54) is 11.1 Å². The van der Waals surface area contributed by atoms with E-state index < -0.39 is 5.41 Å². The van der Waals surface area contributed by atoms with Crippen molar-refractivity contribution < 1.29 is 9.90 Å². The van der Waals surface area contributed by atoms with Crippen molar-refractivity contribution in [3.63, 3.8) is 0 Å². The molecule has 2 unspecified atom stereocenters. The van der Waals surface area contributed by atoms with E-state index in [9.17, 15) is 9.90 Å². The van der Waals surface area contributed by atoms with E-state index >= 15 is 0 Å². The fourth-order valence-corrected chi connectivity index (χ4v) is 3.89. The van der Waals surface area contributed by atoms with Crippen LogP contribution < -0.4 is 0 Å². The van der Waals surface area contributed by atoms with Crippen molar-refractivity contribution in [1.82, 2.24) is 0 Å². The van der Waals surface area contributed by atoms with Crippen LogP contribution in [0.3, 0.4) is 0 Å². The van der Waals surface area contributed by atoms with Crippen molar-refractivity contribution in [1.29, 1.82) is 0 Å². The quantitative estimate of drug-likeness (QED) is 0.789. The van der Waals surface area contributed by atoms with E-state index in [-0.39, 0.29) is 5.75 Å². The number of aromatic hydroxyl groups is 1. The van der Waals surface area contributed by atoms with Gasteiger partial charge in [-0.1, -0.05) is 30.3 Å². The van der Waals surface area contributed by atoms with Crippen LogP contribution in [0.25, 0.3) is 0 Å². The van der Waals surface area contributed by atoms with Crippen LogP contribution in [-0.2, 0) is 10.2 Å². The second-order valence-corrected chi connectivity index (χ2v) is 5.54. The summed E-state index contributed by atoms with van der Waals surface area (Å²) in [4.78, 5) is 11.9. The monoisotopic (exact) mass is 250 g/mol. The number of hydrogen-bond donors (Lipinski definition) is 1. The Kier molecular flexibility index (Phi) is 1.97. The molecule has 3 aliphatic carbocycles. The Morgan fingerprint density at radius 1 is 1.11 bits per heavy atom. The van der Waals surface area contributed by atoms with E-state index in [1.54, 1.807) is 12.1 Å². The smallest absolute Gasteiger partial charge is 0.134 e. The summed E-state index contributed by atoms with van der Waals surface area (Å²) in [6.45, 7) is 0. The first-order valence-corrected chi connectivity index (χ1v) is 6.65. The number of phenolic OH excluding ortho intramolecular Hbond substituents is 1. The van der Waals surface area contributed by atoms with Crippen molar-refractivity contribution in [2.45, 2.75) is 24.2 Å². The van der Waals surface area contributed by atoms with Crippen LogP contribution in [0, 0.1) is 0 Å². The summed E-state index contributed by atoms with van der Waals surface area (Å²) >= 11 is 0. The lowest BCUT2D eigenvalue weighted by atomic mass is 9.56. The van der Waals surface area contributed by atoms with E-state index in [2.05, 4.69) is 12.1 Å². The molecule has 2 nitrogen and oxygen atoms in total. The van der Waals surface area contributed by atoms with Crippen molar-refractivity contribution in [2.24, 2.45) is 0 Å². The van der Waals surface area contributed by atoms with Crippen molar-refractivity contribution in [3.8, 4) is 5.75 Å². The van der Waals surface area contributed by atoms with Crippen LogP contribution in [0.15, 0.2) is 42.5 Å². The Labute approximate surface area is 111 Å². The number of fused-ring (bicyclic) bond motifs is 1. The maximum Gasteiger partial charge on any atom is 0.134 e. The summed E-state index contributed by atoms with van der Waals surface area (Å²) in [5.74, 6) is 0.610. The molecule has 5 rings (SSSR count). The predicted octanol–water partition coefficient (Wildman–Crippen LogP) is 3.12. The van der Waals surface area contributed by atoms with Crippen LogP contribution in [0.5, 0.6) is 5.75 Å². The molecule has 0 fully saturated rings. The molecule has 0 amide bonds. The van der Waals surface area contributed by atoms with Gasteiger partial charge < -0.3 is 9.90 Å². The molecule has 0 aliphatic heterocycles. The lowest BCUT2D eigenvalue weighted by molar-refractivity contribution is -0.112. The molecule has 1 N–H and O–H groups in total. The number of benzene rings is 2. The van der Waals surface area contributed by atoms with Crippen molar-refractivity contribution >= 4 is 6.29 Å². The highest BCUT2D eigenvalue weighted by atomic mass is 16.3. The number of aldehydes is 1. The van der Waals surface area contributed by atoms with Crippen LogP contribution in [0.2, 0.25) is 0 Å². The minimum Gasteiger partial charge on any atom is -0.508 e. The van der Waals surface area contributed by atoms with Gasteiger partial charge in [-0.05, 0) is 47.2 Å². The van der Waals surface area contributed by atoms with Gasteiger partial charge in [0.2, 0.25) is 0 Å². The third kappa shape index (κ3) is 1.19. The fourth-order valence-electron chi connectivity index (χ4n) is 3.89. The van der Waals surface area contributed by atoms with Gasteiger partial charge in [-0.3, -0.25) is 0 Å². The first kappa shape index (κ1) is 10.8. The van der Waals surface area contributed by atoms with E-state index in [4.69, 9.17) is 0 Å². The van der Waals surface area contributed by atoms with E-state index in [0.29, 0.717) is 5.92 Å². The normalized spacial score (nSPS) is 26.6. The van der Waals surface area contributed by atoms with Gasteiger partial charge in [0.1, 0.15) is 12.0 Å². The standard InChI is InChI=1S/C17H14O2/c18-10-17-8-7-12(13-3-1-2-4-15(13)17)14-6-5-11(19)9-16(14)17/h1-6,9-10,12,19H,7-8H2. The van der Waals surface area contributed by atoms with Gasteiger partial charge in [0.25, 0.3) is 0 Å². The Morgan fingerprint density at radius 3 is 2.74 bits per heavy atom. The number of hydrogen-bond acceptors (Lipinski definition) is 2. The SMILES string of the molecule is O=CC12CCC(c3ccccc31)c1ccc(O)cc12. The average Bonchev–Trinajstić information content (AvgIpc) is 2.47. The zero-order valence-electron chi connectivity index (χ0n) is 10.5. The minimum absolute atomic E-state index is 0.241. The zero-order valence-corrected chi connectivity index (χ0v) is 10.5. The maximum atomic E-state index is 11.9. The van der Waals surface area contributed by atoms with Gasteiger partial charge >= 0.3 is 0 Å². The summed E-state index contributed by atoms with van der Waals surface area (Å²) < 4.78 is 0. The molecular weight excluding hydrogens is 236 g/mol. The lowest BCUT2D eigenvalue weighted by Gasteiger charge is -2.46. The number of carbonyl (C=O) groups excluding carboxylic acids is 1. The highest BCUT2D eigenvalue weighted by Crippen LogP contribution is 2.55. The molecule has 94 valence electrons. The molecule has 0 saturated heterocycles. The molecule has 2 atom stereocenters. The summed E-state index contributed by atoms with van der Waals surface area (Å²) in [6, 6.07) is 13.7. The first-order chi connectivity index (χ1) is 9.26. The second kappa shape index (κ2) is 3.47.